The van der Waals surface area contributed by atoms with Crippen molar-refractivity contribution >= 4 is 17.1 Å². The van der Waals surface area contributed by atoms with E-state index in [2.05, 4.69) is 27.1 Å². The maximum atomic E-state index is 13.7. The molecule has 4 aromatic rings. The lowest BCUT2D eigenvalue weighted by atomic mass is 10.1. The first-order chi connectivity index (χ1) is 17.4. The summed E-state index contributed by atoms with van der Waals surface area (Å²) in [6.45, 7) is 8.54. The molecule has 1 aliphatic rings. The van der Waals surface area contributed by atoms with Gasteiger partial charge in [-0.1, -0.05) is 17.2 Å². The van der Waals surface area contributed by atoms with Crippen molar-refractivity contribution in [1.82, 2.24) is 33.7 Å². The number of aryl methyl sites for hydroxylation is 3. The fourth-order valence-electron chi connectivity index (χ4n) is 4.34. The summed E-state index contributed by atoms with van der Waals surface area (Å²) < 4.78 is 11.5. The number of nitrogens with zero attached hydrogens (tertiary/aromatic N) is 8. The molecule has 1 aliphatic heterocycles. The summed E-state index contributed by atoms with van der Waals surface area (Å²) in [5, 5.41) is 8.43. The molecule has 11 nitrogen and oxygen atoms in total. The largest absolute Gasteiger partial charge is 0.378 e. The molecule has 186 valence electrons. The Morgan fingerprint density at radius 2 is 1.86 bits per heavy atom. The number of benzene rings is 1. The van der Waals surface area contributed by atoms with Crippen molar-refractivity contribution in [2.75, 3.05) is 31.2 Å². The van der Waals surface area contributed by atoms with E-state index in [-0.39, 0.29) is 13.1 Å². The number of fused-ring (bicyclic) bond motifs is 1. The van der Waals surface area contributed by atoms with Crippen molar-refractivity contribution in [3.63, 3.8) is 0 Å². The van der Waals surface area contributed by atoms with Gasteiger partial charge >= 0.3 is 5.69 Å². The maximum absolute atomic E-state index is 13.7. The Balaban J connectivity index is 1.59. The van der Waals surface area contributed by atoms with E-state index in [1.807, 2.05) is 32.0 Å². The second-order valence-electron chi connectivity index (χ2n) is 8.85. The van der Waals surface area contributed by atoms with Crippen molar-refractivity contribution in [2.24, 2.45) is 7.05 Å². The molecule has 1 aromatic carbocycles. The maximum Gasteiger partial charge on any atom is 0.332 e. The molecule has 1 saturated heterocycles. The molecule has 0 N–H and O–H groups in total. The van der Waals surface area contributed by atoms with E-state index in [9.17, 15) is 9.59 Å². The van der Waals surface area contributed by atoms with Crippen LogP contribution in [0.25, 0.3) is 16.9 Å². The van der Waals surface area contributed by atoms with E-state index >= 15 is 0 Å². The van der Waals surface area contributed by atoms with Gasteiger partial charge in [-0.3, -0.25) is 18.5 Å². The van der Waals surface area contributed by atoms with Gasteiger partial charge in [0.2, 0.25) is 5.95 Å². The van der Waals surface area contributed by atoms with Gasteiger partial charge in [0, 0.05) is 20.1 Å². The number of ether oxygens (including phenoxy) is 1. The predicted molar refractivity (Wildman–Crippen MR) is 136 cm³/mol. The van der Waals surface area contributed by atoms with Crippen molar-refractivity contribution in [3.05, 3.63) is 62.1 Å². The third-order valence-corrected chi connectivity index (χ3v) is 6.54. The lowest BCUT2D eigenvalue weighted by Crippen LogP contribution is -2.40. The molecule has 3 aromatic heterocycles. The molecular formula is C25H28N8O3. The van der Waals surface area contributed by atoms with Crippen molar-refractivity contribution in [3.8, 4) is 17.5 Å². The first-order valence-electron chi connectivity index (χ1n) is 11.8. The summed E-state index contributed by atoms with van der Waals surface area (Å²) in [4.78, 5) is 33.7. The summed E-state index contributed by atoms with van der Waals surface area (Å²) in [5.74, 6) is 6.54. The van der Waals surface area contributed by atoms with E-state index < -0.39 is 11.2 Å². The summed E-state index contributed by atoms with van der Waals surface area (Å²) >= 11 is 0. The molecule has 5 rings (SSSR count). The summed E-state index contributed by atoms with van der Waals surface area (Å²) in [6, 6.07) is 6.00. The molecule has 0 radical (unpaired) electrons. The fraction of sp³-hybridized carbons (Fsp3) is 0.400. The van der Waals surface area contributed by atoms with Crippen molar-refractivity contribution in [2.45, 2.75) is 33.9 Å². The minimum Gasteiger partial charge on any atom is -0.378 e. The number of hydrogen-bond donors (Lipinski definition) is 0. The fourth-order valence-corrected chi connectivity index (χ4v) is 4.34. The van der Waals surface area contributed by atoms with Crippen LogP contribution in [0, 0.1) is 25.7 Å². The van der Waals surface area contributed by atoms with Crippen LogP contribution >= 0.6 is 0 Å². The molecule has 1 fully saturated rings. The van der Waals surface area contributed by atoms with Crippen molar-refractivity contribution < 1.29 is 4.74 Å². The molecule has 0 amide bonds. The second-order valence-corrected chi connectivity index (χ2v) is 8.85. The monoisotopic (exact) mass is 488 g/mol. The van der Waals surface area contributed by atoms with E-state index in [4.69, 9.17) is 9.72 Å². The first-order valence-corrected chi connectivity index (χ1v) is 11.8. The Bertz CT molecular complexity index is 1620. The SMILES string of the molecule is CC#CCn1c(N2CCOCC2)nc2c1c(=O)n(Cc1cn(-c3ccc(C)c(C)c3)nn1)c(=O)n2C. The molecule has 0 saturated carbocycles. The molecule has 0 spiro atoms. The van der Waals surface area contributed by atoms with Crippen molar-refractivity contribution in [1.29, 1.82) is 0 Å². The zero-order valence-corrected chi connectivity index (χ0v) is 20.9. The molecule has 11 heteroatoms. The molecule has 36 heavy (non-hydrogen) atoms. The third kappa shape index (κ3) is 4.09. The average molecular weight is 489 g/mol. The van der Waals surface area contributed by atoms with Crippen LogP contribution in [-0.4, -0.2) is 60.0 Å². The summed E-state index contributed by atoms with van der Waals surface area (Å²) in [5.41, 5.74) is 3.45. The Kier molecular flexibility index (Phi) is 6.20. The quantitative estimate of drug-likeness (QED) is 0.386. The number of hydrogen-bond acceptors (Lipinski definition) is 7. The molecule has 4 heterocycles. The summed E-state index contributed by atoms with van der Waals surface area (Å²) in [7, 11) is 1.62. The number of aromatic nitrogens is 7. The van der Waals surface area contributed by atoms with Crippen LogP contribution in [-0.2, 0) is 24.9 Å². The molecule has 0 bridgehead atoms. The lowest BCUT2D eigenvalue weighted by Gasteiger charge is -2.27. The molecule has 0 atom stereocenters. The second kappa shape index (κ2) is 9.47. The van der Waals surface area contributed by atoms with Gasteiger partial charge in [-0.25, -0.2) is 9.48 Å². The third-order valence-electron chi connectivity index (χ3n) is 6.54. The van der Waals surface area contributed by atoms with Crippen LogP contribution < -0.4 is 16.1 Å². The van der Waals surface area contributed by atoms with Crippen LogP contribution in [0.3, 0.4) is 0 Å². The van der Waals surface area contributed by atoms with Gasteiger partial charge in [-0.2, -0.15) is 4.98 Å². The smallest absolute Gasteiger partial charge is 0.332 e. The highest BCUT2D eigenvalue weighted by Gasteiger charge is 2.24. The Labute approximate surface area is 207 Å². The zero-order valence-electron chi connectivity index (χ0n) is 20.9. The van der Waals surface area contributed by atoms with Gasteiger partial charge in [0.25, 0.3) is 5.56 Å². The number of rotatable bonds is 5. The first kappa shape index (κ1) is 23.6. The zero-order chi connectivity index (χ0) is 25.4. The minimum absolute atomic E-state index is 0.0101. The van der Waals surface area contributed by atoms with Crippen LogP contribution in [0.1, 0.15) is 23.7 Å². The van der Waals surface area contributed by atoms with E-state index in [0.29, 0.717) is 49.1 Å². The van der Waals surface area contributed by atoms with E-state index in [0.717, 1.165) is 11.3 Å². The number of morpholine rings is 1. The van der Waals surface area contributed by atoms with Gasteiger partial charge in [0.05, 0.1) is 38.2 Å². The van der Waals surface area contributed by atoms with E-state index in [1.165, 1.54) is 14.7 Å². The topological polar surface area (TPSA) is 105 Å². The van der Waals surface area contributed by atoms with Crippen LogP contribution in [0.4, 0.5) is 5.95 Å². The average Bonchev–Trinajstić information content (AvgIpc) is 3.51. The Morgan fingerprint density at radius 1 is 1.08 bits per heavy atom. The minimum atomic E-state index is -0.465. The van der Waals surface area contributed by atoms with Gasteiger partial charge in [0.1, 0.15) is 5.69 Å². The number of imidazole rings is 1. The van der Waals surface area contributed by atoms with Gasteiger partial charge < -0.3 is 9.64 Å². The normalized spacial score (nSPS) is 13.7. The van der Waals surface area contributed by atoms with Gasteiger partial charge in [-0.15, -0.1) is 11.0 Å². The molecule has 0 unspecified atom stereocenters. The van der Waals surface area contributed by atoms with Crippen LogP contribution in [0.2, 0.25) is 0 Å². The highest BCUT2D eigenvalue weighted by atomic mass is 16.5. The predicted octanol–water partition coefficient (Wildman–Crippen LogP) is 1.00. The van der Waals surface area contributed by atoms with Gasteiger partial charge in [-0.05, 0) is 44.0 Å². The standard InChI is InChI=1S/C25H28N8O3/c1-5-6-9-31-21-22(26-24(31)30-10-12-36-13-11-30)29(4)25(35)32(23(21)34)15-19-16-33(28-27-19)20-8-7-17(2)18(3)14-20/h7-8,14,16H,9-13,15H2,1-4H3. The summed E-state index contributed by atoms with van der Waals surface area (Å²) in [6.07, 6.45) is 1.74. The molecule has 0 aliphatic carbocycles. The highest BCUT2D eigenvalue weighted by molar-refractivity contribution is 5.75. The Morgan fingerprint density at radius 3 is 2.58 bits per heavy atom. The molecular weight excluding hydrogens is 460 g/mol. The highest BCUT2D eigenvalue weighted by Crippen LogP contribution is 2.20. The van der Waals surface area contributed by atoms with E-state index in [1.54, 1.807) is 29.4 Å². The Hall–Kier alpha value is -4.17. The number of anilines is 1. The van der Waals surface area contributed by atoms with Crippen LogP contribution in [0.15, 0.2) is 34.0 Å². The van der Waals surface area contributed by atoms with Gasteiger partial charge in [0.15, 0.2) is 11.2 Å². The van der Waals surface area contributed by atoms with Crippen LogP contribution in [0.5, 0.6) is 0 Å². The lowest BCUT2D eigenvalue weighted by molar-refractivity contribution is 0.121.